The van der Waals surface area contributed by atoms with Gasteiger partial charge < -0.3 is 10.6 Å². The van der Waals surface area contributed by atoms with Crippen molar-refractivity contribution in [3.63, 3.8) is 0 Å². The number of rotatable bonds is 6. The van der Waals surface area contributed by atoms with Gasteiger partial charge in [-0.05, 0) is 51.0 Å². The number of hydrogen-bond donors (Lipinski definition) is 3. The highest BCUT2D eigenvalue weighted by Crippen LogP contribution is 2.27. The molecule has 9 nitrogen and oxygen atoms in total. The van der Waals surface area contributed by atoms with Crippen LogP contribution in [0.25, 0.3) is 5.52 Å². The molecule has 0 aliphatic heterocycles. The summed E-state index contributed by atoms with van der Waals surface area (Å²) in [6, 6.07) is 5.28. The Balaban J connectivity index is 2.01. The van der Waals surface area contributed by atoms with E-state index in [4.69, 9.17) is 4.84 Å². The van der Waals surface area contributed by atoms with Crippen molar-refractivity contribution in [2.45, 2.75) is 33.7 Å². The number of nitrogens with zero attached hydrogens (tertiary/aromatic N) is 3. The summed E-state index contributed by atoms with van der Waals surface area (Å²) in [5.74, 6) is 0.0201. The Kier molecular flexibility index (Phi) is 5.79. The zero-order chi connectivity index (χ0) is 21.1. The van der Waals surface area contributed by atoms with Crippen LogP contribution in [0.3, 0.4) is 0 Å². The van der Waals surface area contributed by atoms with Crippen LogP contribution in [0.15, 0.2) is 30.7 Å². The van der Waals surface area contributed by atoms with E-state index in [2.05, 4.69) is 26.2 Å². The number of hydrogen-bond acceptors (Lipinski definition) is 6. The number of fused-ring (bicyclic) bond motifs is 1. The first-order valence-electron chi connectivity index (χ1n) is 9.16. The van der Waals surface area contributed by atoms with Gasteiger partial charge in [0.15, 0.2) is 5.82 Å². The molecule has 0 aliphatic carbocycles. The molecule has 2 amide bonds. The van der Waals surface area contributed by atoms with Crippen LogP contribution in [0.1, 0.15) is 45.7 Å². The summed E-state index contributed by atoms with van der Waals surface area (Å²) in [6.45, 7) is 7.59. The van der Waals surface area contributed by atoms with Crippen LogP contribution in [0, 0.1) is 13.8 Å². The second kappa shape index (κ2) is 8.27. The van der Waals surface area contributed by atoms with Gasteiger partial charge in [-0.2, -0.15) is 5.10 Å². The smallest absolute Gasteiger partial charge is 0.274 e. The van der Waals surface area contributed by atoms with Gasteiger partial charge in [-0.15, -0.1) is 0 Å². The lowest BCUT2D eigenvalue weighted by molar-refractivity contribution is 0.0537. The van der Waals surface area contributed by atoms with Gasteiger partial charge in [0.05, 0.1) is 12.7 Å². The van der Waals surface area contributed by atoms with Crippen LogP contribution in [0.2, 0.25) is 0 Å². The largest absolute Gasteiger partial charge is 0.350 e. The van der Waals surface area contributed by atoms with Crippen molar-refractivity contribution < 1.29 is 14.4 Å². The van der Waals surface area contributed by atoms with Crippen molar-refractivity contribution in [2.24, 2.45) is 0 Å². The van der Waals surface area contributed by atoms with Gasteiger partial charge in [-0.25, -0.2) is 15.0 Å². The molecule has 0 fully saturated rings. The molecule has 0 radical (unpaired) electrons. The van der Waals surface area contributed by atoms with E-state index in [-0.39, 0.29) is 17.9 Å². The van der Waals surface area contributed by atoms with E-state index in [9.17, 15) is 9.59 Å². The summed E-state index contributed by atoms with van der Waals surface area (Å²) in [6.07, 6.45) is 3.10. The molecule has 0 atom stereocenters. The molecular formula is C20H24N6O3. The van der Waals surface area contributed by atoms with Crippen LogP contribution in [-0.2, 0) is 4.84 Å². The number of amides is 2. The quantitative estimate of drug-likeness (QED) is 0.553. The van der Waals surface area contributed by atoms with Crippen molar-refractivity contribution in [3.05, 3.63) is 53.0 Å². The molecule has 2 aromatic heterocycles. The first-order chi connectivity index (χ1) is 13.8. The van der Waals surface area contributed by atoms with Gasteiger partial charge in [0.1, 0.15) is 11.8 Å². The van der Waals surface area contributed by atoms with Gasteiger partial charge in [0.2, 0.25) is 0 Å². The third kappa shape index (κ3) is 4.19. The third-order valence-corrected chi connectivity index (χ3v) is 4.44. The van der Waals surface area contributed by atoms with Crippen LogP contribution in [-0.4, -0.2) is 39.6 Å². The minimum absolute atomic E-state index is 0.0252. The second-order valence-corrected chi connectivity index (χ2v) is 6.99. The normalized spacial score (nSPS) is 11.0. The zero-order valence-corrected chi connectivity index (χ0v) is 17.0. The summed E-state index contributed by atoms with van der Waals surface area (Å²) in [7, 11) is 1.38. The Hall–Kier alpha value is -3.46. The topological polar surface area (TPSA) is 110 Å². The molecule has 1 aromatic carbocycles. The molecule has 0 saturated heterocycles. The molecule has 3 aromatic rings. The van der Waals surface area contributed by atoms with E-state index in [0.29, 0.717) is 28.1 Å². The van der Waals surface area contributed by atoms with E-state index in [0.717, 1.165) is 11.1 Å². The Morgan fingerprint density at radius 1 is 1.17 bits per heavy atom. The van der Waals surface area contributed by atoms with Crippen molar-refractivity contribution in [1.82, 2.24) is 25.4 Å². The predicted octanol–water partition coefficient (Wildman–Crippen LogP) is 2.52. The lowest BCUT2D eigenvalue weighted by Gasteiger charge is -2.12. The highest BCUT2D eigenvalue weighted by Gasteiger charge is 2.19. The monoisotopic (exact) mass is 396 g/mol. The zero-order valence-electron chi connectivity index (χ0n) is 17.0. The predicted molar refractivity (Wildman–Crippen MR) is 109 cm³/mol. The number of aromatic nitrogens is 3. The SMILES string of the molecule is CONC(=O)c1ccc(C)c(Nc2ncnn3cc(C(=O)NC(C)C)c(C)c23)c1. The molecule has 0 unspecified atom stereocenters. The minimum Gasteiger partial charge on any atom is -0.350 e. The summed E-state index contributed by atoms with van der Waals surface area (Å²) < 4.78 is 1.62. The lowest BCUT2D eigenvalue weighted by Crippen LogP contribution is -2.30. The molecule has 3 rings (SSSR count). The third-order valence-electron chi connectivity index (χ3n) is 4.44. The van der Waals surface area contributed by atoms with Gasteiger partial charge in [-0.3, -0.25) is 14.4 Å². The number of benzene rings is 1. The summed E-state index contributed by atoms with van der Waals surface area (Å²) in [5, 5.41) is 10.4. The molecular weight excluding hydrogens is 372 g/mol. The van der Waals surface area contributed by atoms with Crippen molar-refractivity contribution in [1.29, 1.82) is 0 Å². The van der Waals surface area contributed by atoms with Gasteiger partial charge in [0, 0.05) is 23.5 Å². The van der Waals surface area contributed by atoms with Crippen molar-refractivity contribution >= 4 is 28.8 Å². The average molecular weight is 396 g/mol. The second-order valence-electron chi connectivity index (χ2n) is 6.99. The van der Waals surface area contributed by atoms with Gasteiger partial charge in [-0.1, -0.05) is 6.07 Å². The summed E-state index contributed by atoms with van der Waals surface area (Å²) in [5.41, 5.74) is 6.36. The number of carbonyl (C=O) groups is 2. The number of anilines is 2. The van der Waals surface area contributed by atoms with Crippen LogP contribution >= 0.6 is 0 Å². The molecule has 0 spiro atoms. The highest BCUT2D eigenvalue weighted by atomic mass is 16.6. The number of carbonyl (C=O) groups excluding carboxylic acids is 2. The Morgan fingerprint density at radius 3 is 2.62 bits per heavy atom. The standard InChI is InChI=1S/C20H24N6O3/c1-11(2)23-20(28)15-9-26-17(13(15)4)18(21-10-22-26)24-16-8-14(7-6-12(16)3)19(27)25-29-5/h6-11H,1-5H3,(H,23,28)(H,25,27)(H,21,22,24). The van der Waals surface area contributed by atoms with E-state index in [1.54, 1.807) is 22.8 Å². The first kappa shape index (κ1) is 20.3. The Labute approximate surface area is 168 Å². The van der Waals surface area contributed by atoms with Crippen LogP contribution < -0.4 is 16.1 Å². The van der Waals surface area contributed by atoms with E-state index in [1.807, 2.05) is 33.8 Å². The fourth-order valence-corrected chi connectivity index (χ4v) is 3.00. The molecule has 2 heterocycles. The molecule has 0 aliphatic rings. The highest BCUT2D eigenvalue weighted by molar-refractivity contribution is 5.99. The fourth-order valence-electron chi connectivity index (χ4n) is 3.00. The lowest BCUT2D eigenvalue weighted by atomic mass is 10.1. The molecule has 0 bridgehead atoms. The van der Waals surface area contributed by atoms with Gasteiger partial charge in [0.25, 0.3) is 11.8 Å². The molecule has 29 heavy (non-hydrogen) atoms. The molecule has 3 N–H and O–H groups in total. The maximum atomic E-state index is 12.5. The first-order valence-corrected chi connectivity index (χ1v) is 9.16. The van der Waals surface area contributed by atoms with Gasteiger partial charge >= 0.3 is 0 Å². The van der Waals surface area contributed by atoms with E-state index >= 15 is 0 Å². The maximum Gasteiger partial charge on any atom is 0.274 e. The van der Waals surface area contributed by atoms with Crippen molar-refractivity contribution in [3.8, 4) is 0 Å². The summed E-state index contributed by atoms with van der Waals surface area (Å²) in [4.78, 5) is 33.6. The molecule has 9 heteroatoms. The maximum absolute atomic E-state index is 12.5. The average Bonchev–Trinajstić information content (AvgIpc) is 3.01. The number of hydroxylamine groups is 1. The van der Waals surface area contributed by atoms with E-state index < -0.39 is 0 Å². The van der Waals surface area contributed by atoms with E-state index in [1.165, 1.54) is 13.4 Å². The molecule has 152 valence electrons. The number of nitrogens with one attached hydrogen (secondary N) is 3. The summed E-state index contributed by atoms with van der Waals surface area (Å²) >= 11 is 0. The molecule has 0 saturated carbocycles. The van der Waals surface area contributed by atoms with Crippen molar-refractivity contribution in [2.75, 3.05) is 12.4 Å². The van der Waals surface area contributed by atoms with Crippen LogP contribution in [0.5, 0.6) is 0 Å². The fraction of sp³-hybridized carbons (Fsp3) is 0.300. The van der Waals surface area contributed by atoms with Crippen LogP contribution in [0.4, 0.5) is 11.5 Å². The Bertz CT molecular complexity index is 1070. The Morgan fingerprint density at radius 2 is 1.93 bits per heavy atom. The number of aryl methyl sites for hydroxylation is 2. The minimum atomic E-state index is -0.352.